The summed E-state index contributed by atoms with van der Waals surface area (Å²) in [5, 5.41) is 9.22. The van der Waals surface area contributed by atoms with Gasteiger partial charge in [-0.05, 0) is 76.3 Å². The van der Waals surface area contributed by atoms with Crippen molar-refractivity contribution in [2.24, 2.45) is 11.3 Å². The summed E-state index contributed by atoms with van der Waals surface area (Å²) in [6, 6.07) is 0.990. The molecule has 4 aliphatic rings. The third-order valence-corrected chi connectivity index (χ3v) is 7.69. The molecular weight excluding hydrogens is 358 g/mol. The number of rotatable bonds is 4. The predicted octanol–water partition coefficient (Wildman–Crippen LogP) is 1.69. The van der Waals surface area contributed by atoms with Crippen LogP contribution in [0.4, 0.5) is 4.79 Å². The molecule has 0 aromatic rings. The molecule has 1 spiro atoms. The molecule has 0 aromatic carbocycles. The normalized spacial score (nSPS) is 34.1. The number of hydrogen-bond donors (Lipinski definition) is 1. The Morgan fingerprint density at radius 1 is 1.11 bits per heavy atom. The number of ether oxygens (including phenoxy) is 1. The summed E-state index contributed by atoms with van der Waals surface area (Å²) in [5.41, 5.74) is 0.323. The number of carbonyl (C=O) groups is 2. The van der Waals surface area contributed by atoms with E-state index < -0.39 is 0 Å². The van der Waals surface area contributed by atoms with Gasteiger partial charge in [0.05, 0.1) is 6.61 Å². The van der Waals surface area contributed by atoms with Crippen LogP contribution < -0.4 is 0 Å². The highest BCUT2D eigenvalue weighted by molar-refractivity contribution is 5.77. The highest BCUT2D eigenvalue weighted by Crippen LogP contribution is 2.51. The van der Waals surface area contributed by atoms with Crippen LogP contribution in [0.2, 0.25) is 0 Å². The van der Waals surface area contributed by atoms with Gasteiger partial charge in [0.2, 0.25) is 5.91 Å². The van der Waals surface area contributed by atoms with Crippen LogP contribution in [0.15, 0.2) is 0 Å². The number of likely N-dealkylation sites (tertiary alicyclic amines) is 3. The molecule has 7 heteroatoms. The molecule has 28 heavy (non-hydrogen) atoms. The molecule has 1 saturated carbocycles. The Balaban J connectivity index is 1.23. The fraction of sp³-hybridized carbons (Fsp3) is 0.905. The Labute approximate surface area is 168 Å². The zero-order valence-electron chi connectivity index (χ0n) is 17.1. The Bertz CT molecular complexity index is 584. The quantitative estimate of drug-likeness (QED) is 0.787. The van der Waals surface area contributed by atoms with Gasteiger partial charge in [-0.15, -0.1) is 0 Å². The van der Waals surface area contributed by atoms with Crippen LogP contribution in [0.25, 0.3) is 0 Å². The summed E-state index contributed by atoms with van der Waals surface area (Å²) in [5.74, 6) is 0.479. The lowest BCUT2D eigenvalue weighted by Gasteiger charge is -2.52. The van der Waals surface area contributed by atoms with Crippen molar-refractivity contribution in [1.29, 1.82) is 0 Å². The van der Waals surface area contributed by atoms with Gasteiger partial charge in [0, 0.05) is 31.7 Å². The molecule has 7 nitrogen and oxygen atoms in total. The predicted molar refractivity (Wildman–Crippen MR) is 105 cm³/mol. The number of hydrogen-bond acceptors (Lipinski definition) is 5. The summed E-state index contributed by atoms with van der Waals surface area (Å²) in [4.78, 5) is 30.4. The minimum atomic E-state index is -0.359. The molecule has 3 heterocycles. The van der Waals surface area contributed by atoms with E-state index in [0.29, 0.717) is 30.0 Å². The summed E-state index contributed by atoms with van der Waals surface area (Å²) in [6.45, 7) is 6.69. The van der Waals surface area contributed by atoms with E-state index in [1.165, 1.54) is 12.8 Å². The maximum Gasteiger partial charge on any atom is 0.409 e. The van der Waals surface area contributed by atoms with Gasteiger partial charge in [0.1, 0.15) is 6.61 Å². The molecule has 1 atom stereocenters. The van der Waals surface area contributed by atoms with Crippen molar-refractivity contribution in [3.05, 3.63) is 0 Å². The van der Waals surface area contributed by atoms with Gasteiger partial charge in [-0.3, -0.25) is 4.79 Å². The van der Waals surface area contributed by atoms with Crippen LogP contribution in [0, 0.1) is 11.3 Å². The number of aliphatic hydroxyl groups is 1. The van der Waals surface area contributed by atoms with E-state index in [0.717, 1.165) is 64.8 Å². The highest BCUT2D eigenvalue weighted by Gasteiger charge is 2.51. The third kappa shape index (κ3) is 3.75. The second-order valence-corrected chi connectivity index (χ2v) is 9.26. The molecule has 1 aliphatic carbocycles. The minimum absolute atomic E-state index is 0.0988. The Morgan fingerprint density at radius 3 is 2.54 bits per heavy atom. The van der Waals surface area contributed by atoms with Crippen molar-refractivity contribution < 1.29 is 19.4 Å². The summed E-state index contributed by atoms with van der Waals surface area (Å²) >= 11 is 0. The van der Waals surface area contributed by atoms with Gasteiger partial charge in [-0.25, -0.2) is 4.79 Å². The number of aliphatic hydroxyl groups excluding tert-OH is 1. The Morgan fingerprint density at radius 2 is 1.86 bits per heavy atom. The van der Waals surface area contributed by atoms with Crippen molar-refractivity contribution in [3.63, 3.8) is 0 Å². The topological polar surface area (TPSA) is 73.3 Å². The van der Waals surface area contributed by atoms with Gasteiger partial charge in [0.15, 0.2) is 0 Å². The van der Waals surface area contributed by atoms with Crippen molar-refractivity contribution in [3.8, 4) is 0 Å². The number of carbonyl (C=O) groups excluding carboxylic acids is 2. The van der Waals surface area contributed by atoms with Gasteiger partial charge in [-0.2, -0.15) is 0 Å². The maximum atomic E-state index is 12.0. The second-order valence-electron chi connectivity index (χ2n) is 9.26. The molecular formula is C21H35N3O4. The zero-order chi connectivity index (χ0) is 19.7. The number of amides is 2. The molecule has 0 aromatic heterocycles. The summed E-state index contributed by atoms with van der Waals surface area (Å²) in [7, 11) is 0. The van der Waals surface area contributed by atoms with E-state index in [1.807, 2.05) is 16.7 Å². The number of piperidine rings is 1. The Kier molecular flexibility index (Phi) is 5.83. The van der Waals surface area contributed by atoms with E-state index in [2.05, 4.69) is 4.90 Å². The SMILES string of the molecule is CCOC(=O)N1CCC2(CC(N3CCC(C4CCCN4C(=O)CO)CC3)C2)C1. The van der Waals surface area contributed by atoms with Crippen molar-refractivity contribution >= 4 is 12.0 Å². The first-order chi connectivity index (χ1) is 13.5. The van der Waals surface area contributed by atoms with E-state index >= 15 is 0 Å². The fourth-order valence-corrected chi connectivity index (χ4v) is 6.19. The molecule has 4 rings (SSSR count). The molecule has 1 unspecified atom stereocenters. The van der Waals surface area contributed by atoms with Crippen LogP contribution >= 0.6 is 0 Å². The monoisotopic (exact) mass is 393 g/mol. The summed E-state index contributed by atoms with van der Waals surface area (Å²) < 4.78 is 5.16. The van der Waals surface area contributed by atoms with Crippen molar-refractivity contribution in [1.82, 2.24) is 14.7 Å². The van der Waals surface area contributed by atoms with Crippen LogP contribution in [-0.4, -0.2) is 89.8 Å². The number of nitrogens with zero attached hydrogens (tertiary/aromatic N) is 3. The highest BCUT2D eigenvalue weighted by atomic mass is 16.6. The van der Waals surface area contributed by atoms with E-state index in [4.69, 9.17) is 4.74 Å². The average Bonchev–Trinajstić information content (AvgIpc) is 3.34. The Hall–Kier alpha value is -1.34. The standard InChI is InChI=1S/C21H35N3O4/c1-2-28-20(27)23-11-7-21(15-23)12-17(13-21)22-9-5-16(6-10-22)18-4-3-8-24(18)19(26)14-25/h16-18,25H,2-15H2,1H3. The van der Waals surface area contributed by atoms with E-state index in [-0.39, 0.29) is 18.6 Å². The van der Waals surface area contributed by atoms with Crippen LogP contribution in [0.3, 0.4) is 0 Å². The maximum absolute atomic E-state index is 12.0. The van der Waals surface area contributed by atoms with Crippen molar-refractivity contribution in [2.75, 3.05) is 45.9 Å². The molecule has 158 valence electrons. The van der Waals surface area contributed by atoms with Crippen LogP contribution in [0.5, 0.6) is 0 Å². The average molecular weight is 394 g/mol. The lowest BCUT2D eigenvalue weighted by molar-refractivity contribution is -0.136. The van der Waals surface area contributed by atoms with Gasteiger partial charge in [0.25, 0.3) is 0 Å². The molecule has 4 fully saturated rings. The molecule has 3 saturated heterocycles. The minimum Gasteiger partial charge on any atom is -0.450 e. The molecule has 0 radical (unpaired) electrons. The zero-order valence-corrected chi connectivity index (χ0v) is 17.1. The second kappa shape index (κ2) is 8.19. The third-order valence-electron chi connectivity index (χ3n) is 7.69. The van der Waals surface area contributed by atoms with Gasteiger partial charge in [-0.1, -0.05) is 0 Å². The van der Waals surface area contributed by atoms with Gasteiger partial charge >= 0.3 is 6.09 Å². The summed E-state index contributed by atoms with van der Waals surface area (Å²) in [6.07, 6.45) is 7.82. The molecule has 3 aliphatic heterocycles. The van der Waals surface area contributed by atoms with Gasteiger partial charge < -0.3 is 24.5 Å². The largest absolute Gasteiger partial charge is 0.450 e. The fourth-order valence-electron chi connectivity index (χ4n) is 6.19. The van der Waals surface area contributed by atoms with Crippen molar-refractivity contribution in [2.45, 2.75) is 64.0 Å². The first-order valence-electron chi connectivity index (χ1n) is 11.1. The van der Waals surface area contributed by atoms with Crippen LogP contribution in [-0.2, 0) is 9.53 Å². The molecule has 1 N–H and O–H groups in total. The van der Waals surface area contributed by atoms with Crippen LogP contribution in [0.1, 0.15) is 51.9 Å². The lowest BCUT2D eigenvalue weighted by atomic mass is 9.64. The molecule has 2 amide bonds. The van der Waals surface area contributed by atoms with E-state index in [9.17, 15) is 14.7 Å². The first-order valence-corrected chi connectivity index (χ1v) is 11.1. The molecule has 0 bridgehead atoms. The first kappa shape index (κ1) is 20.0. The lowest BCUT2D eigenvalue weighted by Crippen LogP contribution is -2.55. The smallest absolute Gasteiger partial charge is 0.409 e. The van der Waals surface area contributed by atoms with E-state index in [1.54, 1.807) is 0 Å².